The number of amides is 1. The van der Waals surface area contributed by atoms with Crippen molar-refractivity contribution in [3.63, 3.8) is 0 Å². The Balaban J connectivity index is 1.60. The lowest BCUT2D eigenvalue weighted by Gasteiger charge is -2.39. The predicted octanol–water partition coefficient (Wildman–Crippen LogP) is 3.35. The van der Waals surface area contributed by atoms with E-state index in [0.29, 0.717) is 23.0 Å². The van der Waals surface area contributed by atoms with Gasteiger partial charge in [-0.2, -0.15) is 0 Å². The lowest BCUT2D eigenvalue weighted by Crippen LogP contribution is -2.48. The third-order valence-electron chi connectivity index (χ3n) is 4.32. The van der Waals surface area contributed by atoms with Crippen LogP contribution >= 0.6 is 11.8 Å². The van der Waals surface area contributed by atoms with Gasteiger partial charge in [0, 0.05) is 17.6 Å². The minimum absolute atomic E-state index is 0.181. The minimum Gasteiger partial charge on any atom is -0.337 e. The lowest BCUT2D eigenvalue weighted by atomic mass is 9.98. The van der Waals surface area contributed by atoms with Crippen LogP contribution in [0.3, 0.4) is 0 Å². The second-order valence-electron chi connectivity index (χ2n) is 6.05. The van der Waals surface area contributed by atoms with E-state index in [4.69, 9.17) is 0 Å². The maximum absolute atomic E-state index is 12.5. The summed E-state index contributed by atoms with van der Waals surface area (Å²) in [7, 11) is 0. The fraction of sp³-hybridized carbons (Fsp3) is 0.471. The van der Waals surface area contributed by atoms with Gasteiger partial charge in [-0.3, -0.25) is 9.89 Å². The second kappa shape index (κ2) is 7.17. The molecular weight excluding hydrogens is 308 g/mol. The van der Waals surface area contributed by atoms with E-state index in [1.807, 2.05) is 35.2 Å². The zero-order valence-corrected chi connectivity index (χ0v) is 14.3. The molecule has 3 rings (SSSR count). The van der Waals surface area contributed by atoms with Gasteiger partial charge in [-0.1, -0.05) is 42.1 Å². The van der Waals surface area contributed by atoms with E-state index in [1.54, 1.807) is 0 Å². The SMILES string of the molecule is C[C@@H]1CCC[C@H](C)N1C(=O)CSc1n[nH]c(-c2ccccc2)n1. The number of hydrogen-bond acceptors (Lipinski definition) is 4. The van der Waals surface area contributed by atoms with Crippen LogP contribution in [0.1, 0.15) is 33.1 Å². The number of benzene rings is 1. The van der Waals surface area contributed by atoms with Gasteiger partial charge in [0.25, 0.3) is 0 Å². The summed E-state index contributed by atoms with van der Waals surface area (Å²) in [4.78, 5) is 19.0. The first-order chi connectivity index (χ1) is 11.1. The van der Waals surface area contributed by atoms with Crippen molar-refractivity contribution in [1.82, 2.24) is 20.1 Å². The number of piperidine rings is 1. The van der Waals surface area contributed by atoms with Crippen molar-refractivity contribution < 1.29 is 4.79 Å². The quantitative estimate of drug-likeness (QED) is 0.873. The Labute approximate surface area is 140 Å². The molecule has 0 aliphatic carbocycles. The maximum atomic E-state index is 12.5. The molecule has 0 unspecified atom stereocenters. The van der Waals surface area contributed by atoms with Crippen LogP contribution in [0.15, 0.2) is 35.5 Å². The topological polar surface area (TPSA) is 61.9 Å². The van der Waals surface area contributed by atoms with Crippen molar-refractivity contribution >= 4 is 17.7 Å². The van der Waals surface area contributed by atoms with Gasteiger partial charge in [-0.25, -0.2) is 4.98 Å². The van der Waals surface area contributed by atoms with Gasteiger partial charge >= 0.3 is 0 Å². The summed E-state index contributed by atoms with van der Waals surface area (Å²) in [5.74, 6) is 1.31. The molecule has 1 N–H and O–H groups in total. The van der Waals surface area contributed by atoms with E-state index >= 15 is 0 Å². The summed E-state index contributed by atoms with van der Waals surface area (Å²) in [5.41, 5.74) is 0.997. The number of rotatable bonds is 4. The zero-order valence-electron chi connectivity index (χ0n) is 13.5. The Kier molecular flexibility index (Phi) is 5.00. The molecule has 5 nitrogen and oxygen atoms in total. The molecule has 23 heavy (non-hydrogen) atoms. The average Bonchev–Trinajstić information content (AvgIpc) is 3.02. The molecule has 0 radical (unpaired) electrons. The highest BCUT2D eigenvalue weighted by Gasteiger charge is 2.28. The molecule has 2 aromatic rings. The van der Waals surface area contributed by atoms with Crippen LogP contribution in [0.25, 0.3) is 11.4 Å². The molecule has 1 aliphatic heterocycles. The normalized spacial score (nSPS) is 21.4. The van der Waals surface area contributed by atoms with Gasteiger partial charge in [0.15, 0.2) is 5.82 Å². The number of hydrogen-bond donors (Lipinski definition) is 1. The first kappa shape index (κ1) is 16.1. The molecule has 1 saturated heterocycles. The number of aromatic amines is 1. The number of H-pyrrole nitrogens is 1. The van der Waals surface area contributed by atoms with Crippen molar-refractivity contribution in [2.45, 2.75) is 50.4 Å². The van der Waals surface area contributed by atoms with Crippen molar-refractivity contribution in [2.24, 2.45) is 0 Å². The van der Waals surface area contributed by atoms with Gasteiger partial charge in [-0.05, 0) is 33.1 Å². The lowest BCUT2D eigenvalue weighted by molar-refractivity contribution is -0.134. The molecule has 1 amide bonds. The number of thioether (sulfide) groups is 1. The molecule has 1 aromatic carbocycles. The van der Waals surface area contributed by atoms with Crippen LogP contribution in [0, 0.1) is 0 Å². The maximum Gasteiger partial charge on any atom is 0.233 e. The summed E-state index contributed by atoms with van der Waals surface area (Å²) >= 11 is 1.40. The summed E-state index contributed by atoms with van der Waals surface area (Å²) in [5, 5.41) is 7.76. The monoisotopic (exact) mass is 330 g/mol. The van der Waals surface area contributed by atoms with Crippen molar-refractivity contribution in [3.05, 3.63) is 30.3 Å². The van der Waals surface area contributed by atoms with Crippen LogP contribution in [0.4, 0.5) is 0 Å². The summed E-state index contributed by atoms with van der Waals surface area (Å²) in [6.07, 6.45) is 3.40. The van der Waals surface area contributed by atoms with E-state index in [1.165, 1.54) is 18.2 Å². The molecule has 2 atom stereocenters. The van der Waals surface area contributed by atoms with Crippen LogP contribution in [-0.4, -0.2) is 43.8 Å². The van der Waals surface area contributed by atoms with Crippen molar-refractivity contribution in [2.75, 3.05) is 5.75 Å². The molecular formula is C17H22N4OS. The van der Waals surface area contributed by atoms with Crippen LogP contribution in [0.2, 0.25) is 0 Å². The van der Waals surface area contributed by atoms with E-state index < -0.39 is 0 Å². The summed E-state index contributed by atoms with van der Waals surface area (Å²) < 4.78 is 0. The van der Waals surface area contributed by atoms with Crippen LogP contribution in [0.5, 0.6) is 0 Å². The van der Waals surface area contributed by atoms with Crippen LogP contribution in [-0.2, 0) is 4.79 Å². The minimum atomic E-state index is 0.181. The predicted molar refractivity (Wildman–Crippen MR) is 92.2 cm³/mol. The molecule has 1 fully saturated rings. The van der Waals surface area contributed by atoms with Gasteiger partial charge < -0.3 is 4.90 Å². The number of carbonyl (C=O) groups excluding carboxylic acids is 1. The zero-order chi connectivity index (χ0) is 16.2. The molecule has 0 saturated carbocycles. The Hall–Kier alpha value is -1.82. The number of aromatic nitrogens is 3. The second-order valence-corrected chi connectivity index (χ2v) is 6.99. The smallest absolute Gasteiger partial charge is 0.233 e. The number of nitrogens with one attached hydrogen (secondary N) is 1. The Morgan fingerprint density at radius 2 is 1.96 bits per heavy atom. The summed E-state index contributed by atoms with van der Waals surface area (Å²) in [6.45, 7) is 4.27. The van der Waals surface area contributed by atoms with Gasteiger partial charge in [0.1, 0.15) is 0 Å². The highest BCUT2D eigenvalue weighted by molar-refractivity contribution is 7.99. The van der Waals surface area contributed by atoms with E-state index in [-0.39, 0.29) is 5.91 Å². The molecule has 0 spiro atoms. The number of likely N-dealkylation sites (tertiary alicyclic amines) is 1. The molecule has 1 aromatic heterocycles. The molecule has 2 heterocycles. The van der Waals surface area contributed by atoms with Gasteiger partial charge in [-0.15, -0.1) is 5.10 Å². The third kappa shape index (κ3) is 3.75. The third-order valence-corrected chi connectivity index (χ3v) is 5.15. The van der Waals surface area contributed by atoms with Crippen molar-refractivity contribution in [1.29, 1.82) is 0 Å². The van der Waals surface area contributed by atoms with Gasteiger partial charge in [0.05, 0.1) is 5.75 Å². The average molecular weight is 330 g/mol. The van der Waals surface area contributed by atoms with Crippen molar-refractivity contribution in [3.8, 4) is 11.4 Å². The standard InChI is InChI=1S/C17H22N4OS/c1-12-7-6-8-13(2)21(12)15(22)11-23-17-18-16(19-20-17)14-9-4-3-5-10-14/h3-5,9-10,12-13H,6-8,11H2,1-2H3,(H,18,19,20)/t12-,13+. The first-order valence-corrected chi connectivity index (χ1v) is 9.05. The number of nitrogens with zero attached hydrogens (tertiary/aromatic N) is 3. The fourth-order valence-corrected chi connectivity index (χ4v) is 3.82. The fourth-order valence-electron chi connectivity index (χ4n) is 3.15. The van der Waals surface area contributed by atoms with Gasteiger partial charge in [0.2, 0.25) is 11.1 Å². The highest BCUT2D eigenvalue weighted by atomic mass is 32.2. The van der Waals surface area contributed by atoms with E-state index in [2.05, 4.69) is 29.0 Å². The molecule has 6 heteroatoms. The van der Waals surface area contributed by atoms with E-state index in [9.17, 15) is 4.79 Å². The molecule has 0 bridgehead atoms. The summed E-state index contributed by atoms with van der Waals surface area (Å²) in [6, 6.07) is 10.5. The Morgan fingerprint density at radius 1 is 1.26 bits per heavy atom. The highest BCUT2D eigenvalue weighted by Crippen LogP contribution is 2.25. The van der Waals surface area contributed by atoms with E-state index in [0.717, 1.165) is 24.2 Å². The molecule has 1 aliphatic rings. The molecule has 122 valence electrons. The largest absolute Gasteiger partial charge is 0.337 e. The van der Waals surface area contributed by atoms with Crippen LogP contribution < -0.4 is 0 Å². The number of carbonyl (C=O) groups is 1. The Morgan fingerprint density at radius 3 is 2.65 bits per heavy atom. The first-order valence-electron chi connectivity index (χ1n) is 8.07. The Bertz CT molecular complexity index is 648.